The van der Waals surface area contributed by atoms with Crippen molar-refractivity contribution in [2.24, 2.45) is 0 Å². The maximum Gasteiger partial charge on any atom is 0.326 e. The smallest absolute Gasteiger partial charge is 0.326 e. The van der Waals surface area contributed by atoms with E-state index in [0.717, 1.165) is 31.6 Å². The molecule has 0 saturated carbocycles. The number of hydrogen-bond donors (Lipinski definition) is 1. The zero-order chi connectivity index (χ0) is 17.8. The summed E-state index contributed by atoms with van der Waals surface area (Å²) in [7, 11) is 1.71. The third-order valence-electron chi connectivity index (χ3n) is 5.28. The Morgan fingerprint density at radius 1 is 1.00 bits per heavy atom. The number of benzene rings is 1. The summed E-state index contributed by atoms with van der Waals surface area (Å²) >= 11 is 0. The van der Waals surface area contributed by atoms with Crippen molar-refractivity contribution >= 4 is 23.4 Å². The van der Waals surface area contributed by atoms with Crippen LogP contribution < -0.4 is 9.80 Å². The third-order valence-corrected chi connectivity index (χ3v) is 5.28. The van der Waals surface area contributed by atoms with Gasteiger partial charge in [0.25, 0.3) is 0 Å². The molecule has 1 atom stereocenters. The molecule has 6 nitrogen and oxygen atoms in total. The van der Waals surface area contributed by atoms with Crippen molar-refractivity contribution < 1.29 is 14.7 Å². The molecule has 2 aliphatic heterocycles. The van der Waals surface area contributed by atoms with Gasteiger partial charge in [0, 0.05) is 38.1 Å². The van der Waals surface area contributed by atoms with Gasteiger partial charge in [-0.05, 0) is 62.8 Å². The number of aliphatic carboxylic acids is 1. The van der Waals surface area contributed by atoms with Crippen molar-refractivity contribution in [3.8, 4) is 0 Å². The number of nitrogens with zero attached hydrogens (tertiary/aromatic N) is 3. The van der Waals surface area contributed by atoms with E-state index in [1.165, 1.54) is 29.8 Å². The van der Waals surface area contributed by atoms with Crippen LogP contribution in [0, 0.1) is 0 Å². The van der Waals surface area contributed by atoms with Gasteiger partial charge < -0.3 is 14.9 Å². The first-order chi connectivity index (χ1) is 12.1. The molecule has 2 saturated heterocycles. The fraction of sp³-hybridized carbons (Fsp3) is 0.579. The van der Waals surface area contributed by atoms with Crippen molar-refractivity contribution in [1.29, 1.82) is 0 Å². The van der Waals surface area contributed by atoms with Gasteiger partial charge in [-0.25, -0.2) is 9.59 Å². The first-order valence-electron chi connectivity index (χ1n) is 9.20. The van der Waals surface area contributed by atoms with Gasteiger partial charge >= 0.3 is 12.0 Å². The van der Waals surface area contributed by atoms with Crippen LogP contribution >= 0.6 is 0 Å². The molecule has 0 aromatic heterocycles. The quantitative estimate of drug-likeness (QED) is 0.914. The minimum atomic E-state index is -0.915. The molecule has 25 heavy (non-hydrogen) atoms. The van der Waals surface area contributed by atoms with E-state index < -0.39 is 12.0 Å². The van der Waals surface area contributed by atoms with Crippen molar-refractivity contribution in [1.82, 2.24) is 4.90 Å². The molecule has 1 N–H and O–H groups in total. The Bertz CT molecular complexity index is 611. The SMILES string of the molecule is CN(C(=O)N1CCCCC1C(=O)O)c1ccc(N2CCCCC2)cc1. The van der Waals surface area contributed by atoms with Crippen LogP contribution in [0.1, 0.15) is 38.5 Å². The number of likely N-dealkylation sites (tertiary alicyclic amines) is 1. The topological polar surface area (TPSA) is 64.1 Å². The van der Waals surface area contributed by atoms with Gasteiger partial charge in [-0.2, -0.15) is 0 Å². The van der Waals surface area contributed by atoms with Crippen LogP contribution in [0.15, 0.2) is 24.3 Å². The third kappa shape index (κ3) is 3.89. The van der Waals surface area contributed by atoms with Crippen LogP contribution in [0.4, 0.5) is 16.2 Å². The molecule has 1 aromatic carbocycles. The number of anilines is 2. The van der Waals surface area contributed by atoms with Crippen LogP contribution in [-0.2, 0) is 4.79 Å². The molecule has 1 aromatic rings. The Hall–Kier alpha value is -2.24. The molecular weight excluding hydrogens is 318 g/mol. The summed E-state index contributed by atoms with van der Waals surface area (Å²) < 4.78 is 0. The van der Waals surface area contributed by atoms with Crippen LogP contribution in [0.3, 0.4) is 0 Å². The van der Waals surface area contributed by atoms with Gasteiger partial charge in [-0.1, -0.05) is 0 Å². The molecule has 2 amide bonds. The van der Waals surface area contributed by atoms with Gasteiger partial charge in [0.1, 0.15) is 6.04 Å². The van der Waals surface area contributed by atoms with Crippen LogP contribution in [0.5, 0.6) is 0 Å². The predicted octanol–water partition coefficient (Wildman–Crippen LogP) is 3.17. The number of amides is 2. The van der Waals surface area contributed by atoms with Gasteiger partial charge in [-0.15, -0.1) is 0 Å². The van der Waals surface area contributed by atoms with E-state index in [1.54, 1.807) is 11.9 Å². The van der Waals surface area contributed by atoms with E-state index in [4.69, 9.17) is 0 Å². The lowest BCUT2D eigenvalue weighted by Crippen LogP contribution is -2.52. The lowest BCUT2D eigenvalue weighted by Gasteiger charge is -2.36. The van der Waals surface area contributed by atoms with E-state index in [2.05, 4.69) is 17.0 Å². The summed E-state index contributed by atoms with van der Waals surface area (Å²) in [6.45, 7) is 2.68. The Morgan fingerprint density at radius 3 is 2.28 bits per heavy atom. The van der Waals surface area contributed by atoms with Crippen LogP contribution in [0.25, 0.3) is 0 Å². The van der Waals surface area contributed by atoms with Crippen molar-refractivity contribution in [2.45, 2.75) is 44.6 Å². The number of rotatable bonds is 3. The number of urea groups is 1. The highest BCUT2D eigenvalue weighted by molar-refractivity contribution is 5.94. The van der Waals surface area contributed by atoms with Gasteiger partial charge in [0.05, 0.1) is 0 Å². The molecule has 1 unspecified atom stereocenters. The number of carbonyl (C=O) groups is 2. The minimum absolute atomic E-state index is 0.238. The number of piperidine rings is 2. The second-order valence-corrected chi connectivity index (χ2v) is 6.95. The highest BCUT2D eigenvalue weighted by atomic mass is 16.4. The lowest BCUT2D eigenvalue weighted by atomic mass is 10.0. The molecule has 0 spiro atoms. The number of hydrogen-bond acceptors (Lipinski definition) is 3. The van der Waals surface area contributed by atoms with Crippen LogP contribution in [0.2, 0.25) is 0 Å². The maximum absolute atomic E-state index is 12.8. The highest BCUT2D eigenvalue weighted by Crippen LogP contribution is 2.25. The summed E-state index contributed by atoms with van der Waals surface area (Å²) in [4.78, 5) is 29.6. The average Bonchev–Trinajstić information content (AvgIpc) is 2.67. The van der Waals surface area contributed by atoms with Gasteiger partial charge in [0.2, 0.25) is 0 Å². The molecule has 2 aliphatic rings. The molecule has 6 heteroatoms. The van der Waals surface area contributed by atoms with Crippen molar-refractivity contribution in [3.05, 3.63) is 24.3 Å². The second-order valence-electron chi connectivity index (χ2n) is 6.95. The van der Waals surface area contributed by atoms with E-state index >= 15 is 0 Å². The zero-order valence-electron chi connectivity index (χ0n) is 14.9. The molecular formula is C19H27N3O3. The minimum Gasteiger partial charge on any atom is -0.480 e. The highest BCUT2D eigenvalue weighted by Gasteiger charge is 2.33. The second kappa shape index (κ2) is 7.76. The molecule has 0 bridgehead atoms. The van der Waals surface area contributed by atoms with E-state index in [9.17, 15) is 14.7 Å². The molecule has 2 fully saturated rings. The lowest BCUT2D eigenvalue weighted by molar-refractivity contribution is -0.143. The van der Waals surface area contributed by atoms with E-state index in [1.807, 2.05) is 12.1 Å². The van der Waals surface area contributed by atoms with Crippen molar-refractivity contribution in [2.75, 3.05) is 36.5 Å². The Balaban J connectivity index is 1.70. The van der Waals surface area contributed by atoms with E-state index in [-0.39, 0.29) is 6.03 Å². The fourth-order valence-electron chi connectivity index (χ4n) is 3.76. The molecule has 3 rings (SSSR count). The Kier molecular flexibility index (Phi) is 5.46. The normalized spacial score (nSPS) is 21.1. The van der Waals surface area contributed by atoms with Gasteiger partial charge in [0.15, 0.2) is 0 Å². The van der Waals surface area contributed by atoms with Crippen LogP contribution in [-0.4, -0.2) is 54.7 Å². The monoisotopic (exact) mass is 345 g/mol. The standard InChI is InChI=1S/C19H27N3O3/c1-20(19(25)22-14-6-3-7-17(22)18(23)24)15-8-10-16(11-9-15)21-12-4-2-5-13-21/h8-11,17H,2-7,12-14H2,1H3,(H,23,24). The maximum atomic E-state index is 12.8. The summed E-state index contributed by atoms with van der Waals surface area (Å²) in [5, 5.41) is 9.37. The number of carboxylic acid groups (broad SMARTS) is 1. The summed E-state index contributed by atoms with van der Waals surface area (Å²) in [6, 6.07) is 7.04. The first kappa shape index (κ1) is 17.6. The first-order valence-corrected chi connectivity index (χ1v) is 9.20. The summed E-state index contributed by atoms with van der Waals surface area (Å²) in [5.74, 6) is -0.915. The summed E-state index contributed by atoms with van der Waals surface area (Å²) in [5.41, 5.74) is 1.98. The van der Waals surface area contributed by atoms with E-state index in [0.29, 0.717) is 13.0 Å². The largest absolute Gasteiger partial charge is 0.480 e. The van der Waals surface area contributed by atoms with Crippen molar-refractivity contribution in [3.63, 3.8) is 0 Å². The molecule has 0 aliphatic carbocycles. The Labute approximate surface area is 149 Å². The van der Waals surface area contributed by atoms with Gasteiger partial charge in [-0.3, -0.25) is 4.90 Å². The molecule has 0 radical (unpaired) electrons. The summed E-state index contributed by atoms with van der Waals surface area (Å²) in [6.07, 6.45) is 6.00. The predicted molar refractivity (Wildman–Crippen MR) is 98.3 cm³/mol. The number of carboxylic acids is 1. The number of carbonyl (C=O) groups excluding carboxylic acids is 1. The fourth-order valence-corrected chi connectivity index (χ4v) is 3.76. The average molecular weight is 345 g/mol. The Morgan fingerprint density at radius 2 is 1.64 bits per heavy atom. The molecule has 136 valence electrons. The molecule has 2 heterocycles. The zero-order valence-corrected chi connectivity index (χ0v) is 14.9.